The summed E-state index contributed by atoms with van der Waals surface area (Å²) < 4.78 is 10.0. The van der Waals surface area contributed by atoms with Crippen molar-refractivity contribution in [1.82, 2.24) is 4.90 Å². The van der Waals surface area contributed by atoms with Gasteiger partial charge in [-0.25, -0.2) is 0 Å². The van der Waals surface area contributed by atoms with Gasteiger partial charge >= 0.3 is 11.9 Å². The number of carbonyl (C=O) groups excluding carboxylic acids is 2. The predicted octanol–water partition coefficient (Wildman–Crippen LogP) is 3.02. The topological polar surface area (TPSA) is 55.8 Å². The summed E-state index contributed by atoms with van der Waals surface area (Å²) in [6, 6.07) is 0. The lowest BCUT2D eigenvalue weighted by Crippen LogP contribution is -2.28. The van der Waals surface area contributed by atoms with Gasteiger partial charge in [0.2, 0.25) is 0 Å². The molecule has 0 N–H and O–H groups in total. The fourth-order valence-corrected chi connectivity index (χ4v) is 2.51. The maximum atomic E-state index is 12.0. The standard InChI is InChI=1S/C17H33NO4/c1-5-11-18(12-6-2)13-9-10-15(17(20)22-8-4)14-16(19)21-7-3/h15H,5-14H2,1-4H3. The van der Waals surface area contributed by atoms with E-state index in [1.807, 2.05) is 0 Å². The van der Waals surface area contributed by atoms with Crippen LogP contribution in [0.25, 0.3) is 0 Å². The van der Waals surface area contributed by atoms with Gasteiger partial charge in [-0.15, -0.1) is 0 Å². The first-order valence-electron chi connectivity index (χ1n) is 8.63. The molecule has 0 aliphatic carbocycles. The Hall–Kier alpha value is -1.10. The van der Waals surface area contributed by atoms with Gasteiger partial charge in [0.15, 0.2) is 0 Å². The summed E-state index contributed by atoms with van der Waals surface area (Å²) >= 11 is 0. The molecule has 0 aliphatic rings. The van der Waals surface area contributed by atoms with Crippen molar-refractivity contribution in [2.75, 3.05) is 32.8 Å². The fourth-order valence-electron chi connectivity index (χ4n) is 2.51. The summed E-state index contributed by atoms with van der Waals surface area (Å²) in [5, 5.41) is 0. The summed E-state index contributed by atoms with van der Waals surface area (Å²) in [7, 11) is 0. The second-order valence-electron chi connectivity index (χ2n) is 5.44. The Labute approximate surface area is 135 Å². The van der Waals surface area contributed by atoms with Crippen LogP contribution in [0.5, 0.6) is 0 Å². The van der Waals surface area contributed by atoms with Gasteiger partial charge in [0.05, 0.1) is 25.6 Å². The monoisotopic (exact) mass is 315 g/mol. The molecule has 0 amide bonds. The molecule has 0 saturated carbocycles. The Balaban J connectivity index is 4.37. The Kier molecular flexibility index (Phi) is 12.9. The van der Waals surface area contributed by atoms with Crippen molar-refractivity contribution >= 4 is 11.9 Å². The molecule has 1 unspecified atom stereocenters. The average Bonchev–Trinajstić information content (AvgIpc) is 2.47. The molecule has 22 heavy (non-hydrogen) atoms. The Morgan fingerprint density at radius 3 is 2.00 bits per heavy atom. The van der Waals surface area contributed by atoms with Crippen LogP contribution in [-0.2, 0) is 19.1 Å². The number of hydrogen-bond acceptors (Lipinski definition) is 5. The molecule has 0 aromatic rings. The third-order valence-corrected chi connectivity index (χ3v) is 3.44. The number of hydrogen-bond donors (Lipinski definition) is 0. The minimum atomic E-state index is -0.385. The summed E-state index contributed by atoms with van der Waals surface area (Å²) in [5.41, 5.74) is 0. The van der Waals surface area contributed by atoms with Crippen molar-refractivity contribution in [3.63, 3.8) is 0 Å². The van der Waals surface area contributed by atoms with E-state index in [9.17, 15) is 9.59 Å². The van der Waals surface area contributed by atoms with E-state index in [1.165, 1.54) is 0 Å². The highest BCUT2D eigenvalue weighted by Gasteiger charge is 2.23. The van der Waals surface area contributed by atoms with Gasteiger partial charge in [-0.2, -0.15) is 0 Å². The number of carbonyl (C=O) groups is 2. The van der Waals surface area contributed by atoms with Crippen molar-refractivity contribution in [3.8, 4) is 0 Å². The first kappa shape index (κ1) is 20.9. The van der Waals surface area contributed by atoms with Crippen LogP contribution in [0.1, 0.15) is 59.8 Å². The maximum absolute atomic E-state index is 12.0. The van der Waals surface area contributed by atoms with E-state index >= 15 is 0 Å². The molecule has 5 heteroatoms. The molecule has 0 aromatic carbocycles. The number of nitrogens with zero attached hydrogens (tertiary/aromatic N) is 1. The van der Waals surface area contributed by atoms with Gasteiger partial charge < -0.3 is 14.4 Å². The van der Waals surface area contributed by atoms with E-state index in [2.05, 4.69) is 18.7 Å². The van der Waals surface area contributed by atoms with E-state index in [0.29, 0.717) is 19.6 Å². The van der Waals surface area contributed by atoms with Crippen LogP contribution in [0.2, 0.25) is 0 Å². The second kappa shape index (κ2) is 13.6. The molecule has 0 spiro atoms. The number of ether oxygens (including phenoxy) is 2. The summed E-state index contributed by atoms with van der Waals surface area (Å²) in [6.07, 6.45) is 3.94. The molecular weight excluding hydrogens is 282 g/mol. The lowest BCUT2D eigenvalue weighted by molar-refractivity contribution is -0.155. The van der Waals surface area contributed by atoms with Gasteiger partial charge in [-0.1, -0.05) is 13.8 Å². The Bertz CT molecular complexity index is 301. The van der Waals surface area contributed by atoms with Crippen molar-refractivity contribution < 1.29 is 19.1 Å². The second-order valence-corrected chi connectivity index (χ2v) is 5.44. The van der Waals surface area contributed by atoms with Crippen molar-refractivity contribution in [3.05, 3.63) is 0 Å². The summed E-state index contributed by atoms with van der Waals surface area (Å²) in [4.78, 5) is 26.0. The lowest BCUT2D eigenvalue weighted by atomic mass is 9.99. The quantitative estimate of drug-likeness (QED) is 0.489. The zero-order valence-corrected chi connectivity index (χ0v) is 14.7. The largest absolute Gasteiger partial charge is 0.466 e. The molecule has 0 bridgehead atoms. The molecule has 0 rings (SSSR count). The molecule has 0 aromatic heterocycles. The van der Waals surface area contributed by atoms with Gasteiger partial charge in [-0.05, 0) is 59.2 Å². The normalized spacial score (nSPS) is 12.2. The van der Waals surface area contributed by atoms with Crippen LogP contribution < -0.4 is 0 Å². The van der Waals surface area contributed by atoms with E-state index in [4.69, 9.17) is 9.47 Å². The highest BCUT2D eigenvalue weighted by Crippen LogP contribution is 2.15. The smallest absolute Gasteiger partial charge is 0.309 e. The van der Waals surface area contributed by atoms with Crippen molar-refractivity contribution in [1.29, 1.82) is 0 Å². The highest BCUT2D eigenvalue weighted by molar-refractivity contribution is 5.79. The van der Waals surface area contributed by atoms with Gasteiger partial charge in [0, 0.05) is 0 Å². The van der Waals surface area contributed by atoms with Crippen LogP contribution in [0.15, 0.2) is 0 Å². The van der Waals surface area contributed by atoms with Gasteiger partial charge in [0.1, 0.15) is 0 Å². The van der Waals surface area contributed by atoms with Gasteiger partial charge in [-0.3, -0.25) is 9.59 Å². The third-order valence-electron chi connectivity index (χ3n) is 3.44. The zero-order chi connectivity index (χ0) is 16.8. The highest BCUT2D eigenvalue weighted by atomic mass is 16.5. The molecule has 1 atom stereocenters. The molecule has 130 valence electrons. The fraction of sp³-hybridized carbons (Fsp3) is 0.882. The molecule has 0 heterocycles. The van der Waals surface area contributed by atoms with E-state index in [-0.39, 0.29) is 24.3 Å². The summed E-state index contributed by atoms with van der Waals surface area (Å²) in [5.74, 6) is -0.989. The molecule has 5 nitrogen and oxygen atoms in total. The summed E-state index contributed by atoms with van der Waals surface area (Å²) in [6.45, 7) is 11.7. The number of rotatable bonds is 13. The predicted molar refractivity (Wildman–Crippen MR) is 87.6 cm³/mol. The van der Waals surface area contributed by atoms with Crippen LogP contribution in [-0.4, -0.2) is 49.7 Å². The molecule has 0 fully saturated rings. The van der Waals surface area contributed by atoms with E-state index in [1.54, 1.807) is 13.8 Å². The van der Waals surface area contributed by atoms with E-state index in [0.717, 1.165) is 38.9 Å². The zero-order valence-electron chi connectivity index (χ0n) is 14.7. The van der Waals surface area contributed by atoms with Crippen LogP contribution >= 0.6 is 0 Å². The first-order chi connectivity index (χ1) is 10.6. The van der Waals surface area contributed by atoms with Gasteiger partial charge in [0.25, 0.3) is 0 Å². The molecular formula is C17H33NO4. The molecule has 0 radical (unpaired) electrons. The minimum Gasteiger partial charge on any atom is -0.466 e. The third kappa shape index (κ3) is 9.77. The van der Waals surface area contributed by atoms with Crippen LogP contribution in [0.4, 0.5) is 0 Å². The van der Waals surface area contributed by atoms with Crippen molar-refractivity contribution in [2.45, 2.75) is 59.8 Å². The molecule has 0 saturated heterocycles. The lowest BCUT2D eigenvalue weighted by Gasteiger charge is -2.22. The van der Waals surface area contributed by atoms with E-state index < -0.39 is 0 Å². The first-order valence-corrected chi connectivity index (χ1v) is 8.63. The Morgan fingerprint density at radius 2 is 1.50 bits per heavy atom. The van der Waals surface area contributed by atoms with Crippen molar-refractivity contribution in [2.24, 2.45) is 5.92 Å². The Morgan fingerprint density at radius 1 is 0.909 bits per heavy atom. The maximum Gasteiger partial charge on any atom is 0.309 e. The SMILES string of the molecule is CCCN(CCC)CCCC(CC(=O)OCC)C(=O)OCC. The average molecular weight is 315 g/mol. The van der Waals surface area contributed by atoms with Crippen LogP contribution in [0, 0.1) is 5.92 Å². The molecule has 0 aliphatic heterocycles. The minimum absolute atomic E-state index is 0.119. The number of esters is 2. The van der Waals surface area contributed by atoms with Crippen LogP contribution in [0.3, 0.4) is 0 Å².